The molecule has 2 aromatic rings. The average molecular weight is 451 g/mol. The first-order chi connectivity index (χ1) is 14.5. The van der Waals surface area contributed by atoms with Gasteiger partial charge in [-0.2, -0.15) is 0 Å². The van der Waals surface area contributed by atoms with Crippen LogP contribution in [0.5, 0.6) is 17.2 Å². The Bertz CT molecular complexity index is 926. The van der Waals surface area contributed by atoms with Gasteiger partial charge < -0.3 is 24.0 Å². The summed E-state index contributed by atoms with van der Waals surface area (Å²) in [6.45, 7) is 1.75. The number of ether oxygens (including phenoxy) is 3. The molecule has 4 rings (SSSR count). The maximum Gasteiger partial charge on any atom is 0.267 e. The van der Waals surface area contributed by atoms with Crippen molar-refractivity contribution in [2.75, 3.05) is 39.4 Å². The van der Waals surface area contributed by atoms with E-state index in [2.05, 4.69) is 0 Å². The zero-order valence-electron chi connectivity index (χ0n) is 16.1. The van der Waals surface area contributed by atoms with Crippen LogP contribution in [0.4, 0.5) is 0 Å². The predicted molar refractivity (Wildman–Crippen MR) is 111 cm³/mol. The van der Waals surface area contributed by atoms with E-state index in [-0.39, 0.29) is 25.0 Å². The van der Waals surface area contributed by atoms with Crippen molar-refractivity contribution in [3.05, 3.63) is 52.5 Å². The molecule has 1 fully saturated rings. The second-order valence-corrected chi connectivity index (χ2v) is 7.84. The Hall–Kier alpha value is -2.64. The van der Waals surface area contributed by atoms with E-state index in [4.69, 9.17) is 37.4 Å². The third kappa shape index (κ3) is 4.74. The summed E-state index contributed by atoms with van der Waals surface area (Å²) in [5.74, 6) is 1.34. The number of benzene rings is 2. The summed E-state index contributed by atoms with van der Waals surface area (Å²) in [5.41, 5.74) is 0. The van der Waals surface area contributed by atoms with Gasteiger partial charge in [0.25, 0.3) is 11.8 Å². The first-order valence-corrected chi connectivity index (χ1v) is 10.3. The van der Waals surface area contributed by atoms with Gasteiger partial charge in [0, 0.05) is 36.2 Å². The van der Waals surface area contributed by atoms with E-state index in [9.17, 15) is 9.59 Å². The van der Waals surface area contributed by atoms with Crippen molar-refractivity contribution in [3.8, 4) is 17.2 Å². The van der Waals surface area contributed by atoms with Gasteiger partial charge >= 0.3 is 0 Å². The zero-order valence-corrected chi connectivity index (χ0v) is 17.6. The highest BCUT2D eigenvalue weighted by atomic mass is 35.5. The monoisotopic (exact) mass is 450 g/mol. The molecule has 2 aliphatic rings. The molecule has 0 aromatic heterocycles. The summed E-state index contributed by atoms with van der Waals surface area (Å²) < 4.78 is 16.9. The second kappa shape index (κ2) is 9.02. The molecule has 0 N–H and O–H groups in total. The zero-order chi connectivity index (χ0) is 21.1. The highest BCUT2D eigenvalue weighted by Crippen LogP contribution is 2.31. The molecule has 2 aliphatic heterocycles. The number of hydrogen-bond acceptors (Lipinski definition) is 5. The molecule has 1 saturated heterocycles. The van der Waals surface area contributed by atoms with Crippen LogP contribution >= 0.6 is 23.2 Å². The van der Waals surface area contributed by atoms with Crippen LogP contribution in [0.1, 0.15) is 0 Å². The summed E-state index contributed by atoms with van der Waals surface area (Å²) in [7, 11) is 0. The number of rotatable bonds is 4. The number of nitrogens with zero attached hydrogens (tertiary/aromatic N) is 2. The van der Waals surface area contributed by atoms with Crippen molar-refractivity contribution in [3.63, 3.8) is 0 Å². The molecule has 9 heteroatoms. The van der Waals surface area contributed by atoms with E-state index < -0.39 is 6.10 Å². The number of para-hydroxylation sites is 2. The fraction of sp³-hybridized carbons (Fsp3) is 0.333. The van der Waals surface area contributed by atoms with Crippen molar-refractivity contribution in [1.82, 2.24) is 9.80 Å². The number of carbonyl (C=O) groups excluding carboxylic acids is 2. The lowest BCUT2D eigenvalue weighted by Crippen LogP contribution is -2.55. The van der Waals surface area contributed by atoms with Crippen LogP contribution in [-0.4, -0.2) is 67.1 Å². The van der Waals surface area contributed by atoms with Gasteiger partial charge in [0.2, 0.25) is 6.10 Å². The van der Waals surface area contributed by atoms with E-state index in [0.29, 0.717) is 53.5 Å². The van der Waals surface area contributed by atoms with Crippen molar-refractivity contribution in [2.45, 2.75) is 6.10 Å². The SMILES string of the molecule is O=C(COc1cc(Cl)cc(Cl)c1)N1CCN(C(=O)C2COc3ccccc3O2)CC1. The Morgan fingerprint density at radius 1 is 0.967 bits per heavy atom. The highest BCUT2D eigenvalue weighted by Gasteiger charge is 2.33. The number of carbonyl (C=O) groups is 2. The minimum Gasteiger partial charge on any atom is -0.485 e. The Morgan fingerprint density at radius 3 is 2.30 bits per heavy atom. The molecule has 1 atom stereocenters. The minimum absolute atomic E-state index is 0.124. The molecule has 0 spiro atoms. The molecule has 30 heavy (non-hydrogen) atoms. The smallest absolute Gasteiger partial charge is 0.267 e. The fourth-order valence-electron chi connectivity index (χ4n) is 3.37. The van der Waals surface area contributed by atoms with E-state index in [1.807, 2.05) is 12.1 Å². The van der Waals surface area contributed by atoms with Crippen LogP contribution in [0, 0.1) is 0 Å². The normalized spacial score (nSPS) is 18.1. The van der Waals surface area contributed by atoms with Crippen LogP contribution < -0.4 is 14.2 Å². The van der Waals surface area contributed by atoms with Gasteiger partial charge in [-0.25, -0.2) is 0 Å². The molecule has 0 bridgehead atoms. The highest BCUT2D eigenvalue weighted by molar-refractivity contribution is 6.34. The van der Waals surface area contributed by atoms with Gasteiger partial charge in [-0.15, -0.1) is 0 Å². The van der Waals surface area contributed by atoms with E-state index in [0.717, 1.165) is 0 Å². The first kappa shape index (κ1) is 20.6. The fourth-order valence-corrected chi connectivity index (χ4v) is 3.88. The summed E-state index contributed by atoms with van der Waals surface area (Å²) in [4.78, 5) is 28.6. The Balaban J connectivity index is 1.26. The van der Waals surface area contributed by atoms with Gasteiger partial charge in [-0.05, 0) is 30.3 Å². The van der Waals surface area contributed by atoms with E-state index in [1.54, 1.807) is 40.1 Å². The van der Waals surface area contributed by atoms with Crippen LogP contribution in [0.2, 0.25) is 10.0 Å². The molecule has 0 saturated carbocycles. The van der Waals surface area contributed by atoms with Crippen LogP contribution in [0.25, 0.3) is 0 Å². The second-order valence-electron chi connectivity index (χ2n) is 6.96. The average Bonchev–Trinajstić information content (AvgIpc) is 2.76. The molecule has 158 valence electrons. The lowest BCUT2D eigenvalue weighted by Gasteiger charge is -2.37. The molecule has 2 amide bonds. The summed E-state index contributed by atoms with van der Waals surface area (Å²) >= 11 is 11.9. The van der Waals surface area contributed by atoms with Gasteiger partial charge in [0.05, 0.1) is 0 Å². The van der Waals surface area contributed by atoms with Gasteiger partial charge in [0.15, 0.2) is 18.1 Å². The van der Waals surface area contributed by atoms with Crippen molar-refractivity contribution in [2.24, 2.45) is 0 Å². The van der Waals surface area contributed by atoms with E-state index in [1.165, 1.54) is 0 Å². The predicted octanol–water partition coefficient (Wildman–Crippen LogP) is 2.88. The number of piperazine rings is 1. The Labute approximate surface area is 184 Å². The van der Waals surface area contributed by atoms with E-state index >= 15 is 0 Å². The third-order valence-electron chi connectivity index (χ3n) is 4.93. The third-order valence-corrected chi connectivity index (χ3v) is 5.36. The molecular formula is C21H20Cl2N2O5. The maximum atomic E-state index is 12.8. The Kier molecular flexibility index (Phi) is 6.20. The number of fused-ring (bicyclic) bond motifs is 1. The summed E-state index contributed by atoms with van der Waals surface area (Å²) in [6.07, 6.45) is -0.682. The van der Waals surface area contributed by atoms with Gasteiger partial charge in [-0.3, -0.25) is 9.59 Å². The number of hydrogen-bond donors (Lipinski definition) is 0. The van der Waals surface area contributed by atoms with Crippen LogP contribution in [-0.2, 0) is 9.59 Å². The summed E-state index contributed by atoms with van der Waals surface area (Å²) in [5, 5.41) is 0.877. The van der Waals surface area contributed by atoms with Crippen molar-refractivity contribution >= 4 is 35.0 Å². The van der Waals surface area contributed by atoms with Crippen molar-refractivity contribution < 1.29 is 23.8 Å². The lowest BCUT2D eigenvalue weighted by atomic mass is 10.2. The quantitative estimate of drug-likeness (QED) is 0.716. The molecule has 1 unspecified atom stereocenters. The topological polar surface area (TPSA) is 68.3 Å². The minimum atomic E-state index is -0.682. The standard InChI is InChI=1S/C21H20Cl2N2O5/c22-14-9-15(23)11-16(10-14)28-13-20(26)24-5-7-25(8-6-24)21(27)19-12-29-17-3-1-2-4-18(17)30-19/h1-4,9-11,19H,5-8,12-13H2. The molecule has 0 aliphatic carbocycles. The number of amides is 2. The molecule has 2 heterocycles. The molecular weight excluding hydrogens is 431 g/mol. The lowest BCUT2D eigenvalue weighted by molar-refractivity contribution is -0.146. The molecule has 7 nitrogen and oxygen atoms in total. The number of halogens is 2. The van der Waals surface area contributed by atoms with Gasteiger partial charge in [0.1, 0.15) is 12.4 Å². The Morgan fingerprint density at radius 2 is 1.60 bits per heavy atom. The molecule has 2 aromatic carbocycles. The largest absolute Gasteiger partial charge is 0.485 e. The maximum absolute atomic E-state index is 12.8. The van der Waals surface area contributed by atoms with Crippen molar-refractivity contribution in [1.29, 1.82) is 0 Å². The van der Waals surface area contributed by atoms with Gasteiger partial charge in [-0.1, -0.05) is 35.3 Å². The van der Waals surface area contributed by atoms with Crippen LogP contribution in [0.3, 0.4) is 0 Å². The summed E-state index contributed by atoms with van der Waals surface area (Å²) in [6, 6.07) is 12.1. The molecule has 0 radical (unpaired) electrons. The first-order valence-electron chi connectivity index (χ1n) is 9.53. The van der Waals surface area contributed by atoms with Crippen LogP contribution in [0.15, 0.2) is 42.5 Å².